The first-order valence-electron chi connectivity index (χ1n) is 11.2. The van der Waals surface area contributed by atoms with Crippen molar-refractivity contribution >= 4 is 17.4 Å². The Hall–Kier alpha value is -4.34. The number of benzene rings is 2. The molecule has 0 radical (unpaired) electrons. The van der Waals surface area contributed by atoms with Gasteiger partial charge in [-0.25, -0.2) is 9.67 Å². The highest BCUT2D eigenvalue weighted by Gasteiger charge is 2.21. The maximum atomic E-state index is 12.8. The van der Waals surface area contributed by atoms with Gasteiger partial charge in [-0.2, -0.15) is 0 Å². The molecule has 2 aromatic carbocycles. The summed E-state index contributed by atoms with van der Waals surface area (Å²) in [5.74, 6) is 1.96. The minimum atomic E-state index is -0.431. The quantitative estimate of drug-likeness (QED) is 0.388. The summed E-state index contributed by atoms with van der Waals surface area (Å²) in [6.07, 6.45) is 0. The number of amides is 1. The lowest BCUT2D eigenvalue weighted by Crippen LogP contribution is -2.16. The summed E-state index contributed by atoms with van der Waals surface area (Å²) in [4.78, 5) is 17.4. The Morgan fingerprint density at radius 2 is 1.94 bits per heavy atom. The van der Waals surface area contributed by atoms with Gasteiger partial charge in [-0.1, -0.05) is 22.9 Å². The summed E-state index contributed by atoms with van der Waals surface area (Å²) >= 11 is 0. The van der Waals surface area contributed by atoms with E-state index in [0.29, 0.717) is 41.1 Å². The van der Waals surface area contributed by atoms with Crippen LogP contribution in [0.3, 0.4) is 0 Å². The average molecular weight is 477 g/mol. The number of nitrogens with two attached hydrogens (primary N) is 1. The molecule has 10 heteroatoms. The van der Waals surface area contributed by atoms with Crippen LogP contribution in [-0.4, -0.2) is 39.6 Å². The molecule has 0 fully saturated rings. The third kappa shape index (κ3) is 4.96. The van der Waals surface area contributed by atoms with Crippen LogP contribution < -0.4 is 20.5 Å². The molecule has 35 heavy (non-hydrogen) atoms. The number of rotatable bonds is 8. The van der Waals surface area contributed by atoms with Crippen molar-refractivity contribution in [1.29, 1.82) is 0 Å². The summed E-state index contributed by atoms with van der Waals surface area (Å²) in [5.41, 5.74) is 10.3. The number of nitrogens with zero attached hydrogens (tertiary/aromatic N) is 4. The van der Waals surface area contributed by atoms with Crippen molar-refractivity contribution in [3.63, 3.8) is 0 Å². The zero-order chi connectivity index (χ0) is 25.1. The fourth-order valence-corrected chi connectivity index (χ4v) is 3.65. The maximum Gasteiger partial charge on any atom is 0.280 e. The van der Waals surface area contributed by atoms with E-state index in [4.69, 9.17) is 19.6 Å². The topological polar surface area (TPSA) is 130 Å². The Labute approximate surface area is 203 Å². The smallest absolute Gasteiger partial charge is 0.280 e. The fourth-order valence-electron chi connectivity index (χ4n) is 3.65. The van der Waals surface area contributed by atoms with Crippen molar-refractivity contribution in [2.24, 2.45) is 0 Å². The van der Waals surface area contributed by atoms with Crippen LogP contribution in [0.5, 0.6) is 11.5 Å². The van der Waals surface area contributed by atoms with Crippen LogP contribution in [-0.2, 0) is 6.54 Å². The van der Waals surface area contributed by atoms with Crippen molar-refractivity contribution in [2.75, 3.05) is 24.8 Å². The zero-order valence-electron chi connectivity index (χ0n) is 20.4. The lowest BCUT2D eigenvalue weighted by molar-refractivity contribution is 0.102. The zero-order valence-corrected chi connectivity index (χ0v) is 20.4. The minimum Gasteiger partial charge on any atom is -0.493 e. The Morgan fingerprint density at radius 3 is 2.66 bits per heavy atom. The predicted molar refractivity (Wildman–Crippen MR) is 132 cm³/mol. The molecule has 0 aliphatic heterocycles. The summed E-state index contributed by atoms with van der Waals surface area (Å²) in [5, 5.41) is 10.9. The van der Waals surface area contributed by atoms with Gasteiger partial charge < -0.3 is 24.9 Å². The second-order valence-corrected chi connectivity index (χ2v) is 8.07. The molecule has 0 aliphatic carbocycles. The molecule has 0 unspecified atom stereocenters. The van der Waals surface area contributed by atoms with Crippen LogP contribution in [0.4, 0.5) is 11.5 Å². The minimum absolute atomic E-state index is 0.0441. The van der Waals surface area contributed by atoms with Crippen molar-refractivity contribution in [1.82, 2.24) is 20.0 Å². The summed E-state index contributed by atoms with van der Waals surface area (Å²) < 4.78 is 18.3. The molecule has 0 atom stereocenters. The summed E-state index contributed by atoms with van der Waals surface area (Å²) in [6.45, 7) is 8.35. The van der Waals surface area contributed by atoms with Crippen molar-refractivity contribution in [3.8, 4) is 23.0 Å². The van der Waals surface area contributed by atoms with Gasteiger partial charge in [0, 0.05) is 11.3 Å². The van der Waals surface area contributed by atoms with E-state index in [1.165, 1.54) is 4.68 Å². The fraction of sp³-hybridized carbons (Fsp3) is 0.280. The van der Waals surface area contributed by atoms with Gasteiger partial charge in [-0.05, 0) is 57.5 Å². The molecule has 4 aromatic rings. The second-order valence-electron chi connectivity index (χ2n) is 8.07. The lowest BCUT2D eigenvalue weighted by Gasteiger charge is -2.09. The second kappa shape index (κ2) is 9.88. The molecule has 1 amide bonds. The number of oxazole rings is 1. The Bertz CT molecular complexity index is 1370. The van der Waals surface area contributed by atoms with Crippen molar-refractivity contribution in [3.05, 3.63) is 64.7 Å². The molecule has 3 N–H and O–H groups in total. The number of carbonyl (C=O) groups is 1. The highest BCUT2D eigenvalue weighted by Crippen LogP contribution is 2.33. The number of carbonyl (C=O) groups excluding carboxylic acids is 1. The number of methoxy groups -OCH3 is 1. The summed E-state index contributed by atoms with van der Waals surface area (Å²) in [7, 11) is 1.58. The van der Waals surface area contributed by atoms with Crippen LogP contribution in [0.15, 0.2) is 40.8 Å². The first kappa shape index (κ1) is 23.8. The number of nitrogens with one attached hydrogen (secondary N) is 1. The van der Waals surface area contributed by atoms with Gasteiger partial charge in [-0.15, -0.1) is 5.10 Å². The standard InChI is InChI=1S/C25H28N6O4/c1-6-34-20-10-8-17(12-21(20)33-5)25-28-19(16(4)35-25)13-31-23(26)22(29-30-31)24(32)27-18-9-7-14(2)11-15(18)3/h7-12H,6,13,26H2,1-5H3,(H,27,32). The van der Waals surface area contributed by atoms with E-state index in [-0.39, 0.29) is 18.1 Å². The van der Waals surface area contributed by atoms with E-state index in [1.807, 2.05) is 51.1 Å². The number of aromatic nitrogens is 4. The predicted octanol–water partition coefficient (Wildman–Crippen LogP) is 4.15. The highest BCUT2D eigenvalue weighted by atomic mass is 16.5. The largest absolute Gasteiger partial charge is 0.493 e. The molecule has 2 heterocycles. The van der Waals surface area contributed by atoms with E-state index in [0.717, 1.165) is 16.7 Å². The lowest BCUT2D eigenvalue weighted by atomic mass is 10.1. The molecule has 0 saturated carbocycles. The van der Waals surface area contributed by atoms with Gasteiger partial charge in [0.05, 0.1) is 20.3 Å². The molecule has 0 saturated heterocycles. The van der Waals surface area contributed by atoms with Gasteiger partial charge in [0.25, 0.3) is 5.91 Å². The SMILES string of the molecule is CCOc1ccc(-c2nc(Cn3nnc(C(=O)Nc4ccc(C)cc4C)c3N)c(C)o2)cc1OC. The van der Waals surface area contributed by atoms with E-state index >= 15 is 0 Å². The van der Waals surface area contributed by atoms with E-state index in [2.05, 4.69) is 20.6 Å². The Morgan fingerprint density at radius 1 is 1.14 bits per heavy atom. The van der Waals surface area contributed by atoms with E-state index in [9.17, 15) is 4.79 Å². The van der Waals surface area contributed by atoms with Crippen LogP contribution in [0, 0.1) is 20.8 Å². The number of ether oxygens (including phenoxy) is 2. The first-order chi connectivity index (χ1) is 16.8. The summed E-state index contributed by atoms with van der Waals surface area (Å²) in [6, 6.07) is 11.2. The molecule has 182 valence electrons. The molecule has 4 rings (SSSR count). The van der Waals surface area contributed by atoms with Gasteiger partial charge in [0.15, 0.2) is 23.0 Å². The maximum absolute atomic E-state index is 12.8. The third-order valence-electron chi connectivity index (χ3n) is 5.52. The molecule has 0 aliphatic rings. The van der Waals surface area contributed by atoms with E-state index < -0.39 is 5.91 Å². The van der Waals surface area contributed by atoms with Crippen LogP contribution in [0.1, 0.15) is 40.0 Å². The Kier molecular flexibility index (Phi) is 6.72. The normalized spacial score (nSPS) is 10.9. The molecule has 2 aromatic heterocycles. The Balaban J connectivity index is 1.53. The molecule has 10 nitrogen and oxygen atoms in total. The van der Waals surface area contributed by atoms with Crippen molar-refractivity contribution < 1.29 is 18.7 Å². The van der Waals surface area contributed by atoms with Crippen LogP contribution in [0.2, 0.25) is 0 Å². The van der Waals surface area contributed by atoms with Gasteiger partial charge in [0.2, 0.25) is 5.89 Å². The molecular weight excluding hydrogens is 448 g/mol. The molecule has 0 bridgehead atoms. The van der Waals surface area contributed by atoms with Gasteiger partial charge in [0.1, 0.15) is 11.5 Å². The van der Waals surface area contributed by atoms with Gasteiger partial charge >= 0.3 is 0 Å². The number of anilines is 2. The first-order valence-corrected chi connectivity index (χ1v) is 11.2. The average Bonchev–Trinajstić information content (AvgIpc) is 3.38. The monoisotopic (exact) mass is 476 g/mol. The van der Waals surface area contributed by atoms with Crippen molar-refractivity contribution in [2.45, 2.75) is 34.2 Å². The molecule has 0 spiro atoms. The van der Waals surface area contributed by atoms with E-state index in [1.54, 1.807) is 20.1 Å². The molecular formula is C25H28N6O4. The van der Waals surface area contributed by atoms with Crippen LogP contribution in [0.25, 0.3) is 11.5 Å². The van der Waals surface area contributed by atoms with Crippen LogP contribution >= 0.6 is 0 Å². The highest BCUT2D eigenvalue weighted by molar-refractivity contribution is 6.06. The number of hydrogen-bond acceptors (Lipinski definition) is 8. The number of nitrogen functional groups attached to an aromatic ring is 1. The number of aryl methyl sites for hydroxylation is 3. The number of hydrogen-bond donors (Lipinski definition) is 2. The van der Waals surface area contributed by atoms with Gasteiger partial charge in [-0.3, -0.25) is 4.79 Å². The third-order valence-corrected chi connectivity index (χ3v) is 5.52.